The molecule has 0 aliphatic heterocycles. The predicted molar refractivity (Wildman–Crippen MR) is 93.9 cm³/mol. The number of hydrogen-bond donors (Lipinski definition) is 2. The van der Waals surface area contributed by atoms with Crippen LogP contribution in [0.1, 0.15) is 23.0 Å². The molecule has 0 saturated heterocycles. The van der Waals surface area contributed by atoms with Gasteiger partial charge in [-0.1, -0.05) is 25.1 Å². The monoisotopic (exact) mass is 350 g/mol. The normalized spacial score (nSPS) is 11.9. The standard InChI is InChI=1S/C16H18N2O3S2/c1-10(8-22-2)14(19)17-7-11-4-3-5-12(6-11)15-18-13(9-23-15)16(20)21/h3-6,9-10H,7-8H2,1-2H3,(H,17,19)(H,20,21). The van der Waals surface area contributed by atoms with E-state index in [1.807, 2.05) is 37.4 Å². The molecule has 23 heavy (non-hydrogen) atoms. The van der Waals surface area contributed by atoms with Crippen LogP contribution >= 0.6 is 23.1 Å². The number of carboxylic acid groups (broad SMARTS) is 1. The third-order valence-corrected chi connectivity index (χ3v) is 4.95. The van der Waals surface area contributed by atoms with Gasteiger partial charge in [0, 0.05) is 29.2 Å². The number of aromatic carboxylic acids is 1. The number of amides is 1. The second kappa shape index (κ2) is 8.12. The lowest BCUT2D eigenvalue weighted by Crippen LogP contribution is -2.29. The molecule has 0 bridgehead atoms. The predicted octanol–water partition coefficient (Wildman–Crippen LogP) is 3.12. The van der Waals surface area contributed by atoms with Crippen molar-refractivity contribution >= 4 is 35.0 Å². The number of nitrogens with one attached hydrogen (secondary N) is 1. The average molecular weight is 350 g/mol. The molecule has 5 nitrogen and oxygen atoms in total. The summed E-state index contributed by atoms with van der Waals surface area (Å²) in [6.07, 6.45) is 1.98. The van der Waals surface area contributed by atoms with Gasteiger partial charge in [-0.25, -0.2) is 9.78 Å². The lowest BCUT2D eigenvalue weighted by molar-refractivity contribution is -0.124. The van der Waals surface area contributed by atoms with Crippen molar-refractivity contribution in [1.82, 2.24) is 10.3 Å². The number of thiazole rings is 1. The zero-order valence-corrected chi connectivity index (χ0v) is 14.5. The summed E-state index contributed by atoms with van der Waals surface area (Å²) in [5.41, 5.74) is 1.86. The SMILES string of the molecule is CSCC(C)C(=O)NCc1cccc(-c2nc(C(=O)O)cs2)c1. The number of carbonyl (C=O) groups excluding carboxylic acids is 1. The second-order valence-electron chi connectivity index (χ2n) is 5.12. The number of carbonyl (C=O) groups is 2. The minimum absolute atomic E-state index is 0.0229. The molecule has 1 unspecified atom stereocenters. The van der Waals surface area contributed by atoms with Crippen molar-refractivity contribution in [3.63, 3.8) is 0 Å². The molecule has 1 aromatic carbocycles. The first-order valence-corrected chi connectivity index (χ1v) is 9.33. The van der Waals surface area contributed by atoms with Gasteiger partial charge in [-0.2, -0.15) is 11.8 Å². The van der Waals surface area contributed by atoms with Gasteiger partial charge in [-0.05, 0) is 17.9 Å². The van der Waals surface area contributed by atoms with Crippen molar-refractivity contribution in [2.75, 3.05) is 12.0 Å². The third-order valence-electron chi connectivity index (χ3n) is 3.23. The molecule has 1 heterocycles. The topological polar surface area (TPSA) is 79.3 Å². The molecule has 0 fully saturated rings. The summed E-state index contributed by atoms with van der Waals surface area (Å²) >= 11 is 2.94. The molecule has 122 valence electrons. The summed E-state index contributed by atoms with van der Waals surface area (Å²) in [4.78, 5) is 26.9. The lowest BCUT2D eigenvalue weighted by Gasteiger charge is -2.11. The van der Waals surface area contributed by atoms with E-state index < -0.39 is 5.97 Å². The summed E-state index contributed by atoms with van der Waals surface area (Å²) < 4.78 is 0. The highest BCUT2D eigenvalue weighted by Crippen LogP contribution is 2.24. The van der Waals surface area contributed by atoms with Gasteiger partial charge < -0.3 is 10.4 Å². The largest absolute Gasteiger partial charge is 0.476 e. The molecule has 2 N–H and O–H groups in total. The number of aromatic nitrogens is 1. The van der Waals surface area contributed by atoms with E-state index in [2.05, 4.69) is 10.3 Å². The number of hydrogen-bond acceptors (Lipinski definition) is 5. The van der Waals surface area contributed by atoms with Gasteiger partial charge in [0.25, 0.3) is 0 Å². The zero-order valence-electron chi connectivity index (χ0n) is 12.9. The fourth-order valence-corrected chi connectivity index (χ4v) is 3.45. The van der Waals surface area contributed by atoms with Crippen LogP contribution in [-0.4, -0.2) is 34.0 Å². The van der Waals surface area contributed by atoms with Gasteiger partial charge >= 0.3 is 5.97 Å². The molecule has 1 aromatic heterocycles. The molecule has 0 aliphatic rings. The molecule has 2 rings (SSSR count). The highest BCUT2D eigenvalue weighted by atomic mass is 32.2. The van der Waals surface area contributed by atoms with Crippen molar-refractivity contribution in [2.45, 2.75) is 13.5 Å². The third kappa shape index (κ3) is 4.80. The van der Waals surface area contributed by atoms with Crippen LogP contribution in [0.5, 0.6) is 0 Å². The van der Waals surface area contributed by atoms with E-state index in [0.29, 0.717) is 11.6 Å². The number of thioether (sulfide) groups is 1. The molecule has 0 aliphatic carbocycles. The van der Waals surface area contributed by atoms with E-state index >= 15 is 0 Å². The highest BCUT2D eigenvalue weighted by molar-refractivity contribution is 7.98. The van der Waals surface area contributed by atoms with E-state index in [4.69, 9.17) is 5.11 Å². The van der Waals surface area contributed by atoms with Gasteiger partial charge in [0.1, 0.15) is 5.01 Å². The van der Waals surface area contributed by atoms with Crippen molar-refractivity contribution in [3.8, 4) is 10.6 Å². The van der Waals surface area contributed by atoms with Crippen molar-refractivity contribution < 1.29 is 14.7 Å². The zero-order chi connectivity index (χ0) is 16.8. The molecular weight excluding hydrogens is 332 g/mol. The average Bonchev–Trinajstić information content (AvgIpc) is 3.03. The Kier molecular flexibility index (Phi) is 6.18. The maximum absolute atomic E-state index is 11.9. The Morgan fingerprint density at radius 2 is 2.22 bits per heavy atom. The van der Waals surface area contributed by atoms with Crippen molar-refractivity contribution in [1.29, 1.82) is 0 Å². The van der Waals surface area contributed by atoms with Crippen LogP contribution in [0.15, 0.2) is 29.6 Å². The van der Waals surface area contributed by atoms with Crippen LogP contribution in [0, 0.1) is 5.92 Å². The maximum atomic E-state index is 11.9. The molecule has 0 radical (unpaired) electrons. The number of carboxylic acids is 1. The molecular formula is C16H18N2O3S2. The number of nitrogens with zero attached hydrogens (tertiary/aromatic N) is 1. The van der Waals surface area contributed by atoms with E-state index in [0.717, 1.165) is 16.9 Å². The fraction of sp³-hybridized carbons (Fsp3) is 0.312. The first-order chi connectivity index (χ1) is 11.0. The van der Waals surface area contributed by atoms with Crippen LogP contribution in [0.2, 0.25) is 0 Å². The van der Waals surface area contributed by atoms with Crippen molar-refractivity contribution in [2.24, 2.45) is 5.92 Å². The van der Waals surface area contributed by atoms with E-state index in [1.165, 1.54) is 16.7 Å². The molecule has 0 spiro atoms. The Bertz CT molecular complexity index is 700. The first-order valence-electron chi connectivity index (χ1n) is 7.06. The highest BCUT2D eigenvalue weighted by Gasteiger charge is 2.13. The minimum Gasteiger partial charge on any atom is -0.476 e. The maximum Gasteiger partial charge on any atom is 0.355 e. The van der Waals surface area contributed by atoms with Crippen LogP contribution in [0.25, 0.3) is 10.6 Å². The van der Waals surface area contributed by atoms with E-state index in [9.17, 15) is 9.59 Å². The summed E-state index contributed by atoms with van der Waals surface area (Å²) in [6, 6.07) is 7.61. The quantitative estimate of drug-likeness (QED) is 0.802. The minimum atomic E-state index is -1.03. The molecule has 7 heteroatoms. The van der Waals surface area contributed by atoms with Crippen LogP contribution in [-0.2, 0) is 11.3 Å². The van der Waals surface area contributed by atoms with Crippen molar-refractivity contribution in [3.05, 3.63) is 40.9 Å². The van der Waals surface area contributed by atoms with Gasteiger partial charge in [0.15, 0.2) is 5.69 Å². The van der Waals surface area contributed by atoms with Gasteiger partial charge in [-0.3, -0.25) is 4.79 Å². The van der Waals surface area contributed by atoms with Gasteiger partial charge in [0.05, 0.1) is 0 Å². The van der Waals surface area contributed by atoms with Crippen LogP contribution in [0.3, 0.4) is 0 Å². The Hall–Kier alpha value is -1.86. The summed E-state index contributed by atoms with van der Waals surface area (Å²) in [7, 11) is 0. The lowest BCUT2D eigenvalue weighted by atomic mass is 10.1. The van der Waals surface area contributed by atoms with Gasteiger partial charge in [0.2, 0.25) is 5.91 Å². The smallest absolute Gasteiger partial charge is 0.355 e. The van der Waals surface area contributed by atoms with Crippen LogP contribution in [0.4, 0.5) is 0 Å². The summed E-state index contributed by atoms with van der Waals surface area (Å²) in [5.74, 6) is -0.223. The molecule has 2 aromatic rings. The Labute approximate surface area is 143 Å². The Morgan fingerprint density at radius 1 is 1.43 bits per heavy atom. The Balaban J connectivity index is 2.04. The van der Waals surface area contributed by atoms with Gasteiger partial charge in [-0.15, -0.1) is 11.3 Å². The van der Waals surface area contributed by atoms with E-state index in [1.54, 1.807) is 11.8 Å². The summed E-state index contributed by atoms with van der Waals surface area (Å²) in [6.45, 7) is 2.35. The number of benzene rings is 1. The molecule has 0 saturated carbocycles. The number of rotatable bonds is 7. The molecule has 1 amide bonds. The second-order valence-corrected chi connectivity index (χ2v) is 6.89. The van der Waals surface area contributed by atoms with Crippen LogP contribution < -0.4 is 5.32 Å². The summed E-state index contributed by atoms with van der Waals surface area (Å²) in [5, 5.41) is 14.0. The fourth-order valence-electron chi connectivity index (χ4n) is 2.01. The Morgan fingerprint density at radius 3 is 2.87 bits per heavy atom. The van der Waals surface area contributed by atoms with E-state index in [-0.39, 0.29) is 17.5 Å². The first kappa shape index (κ1) is 17.5. The molecule has 1 atom stereocenters.